The summed E-state index contributed by atoms with van der Waals surface area (Å²) in [6.07, 6.45) is 0. The fraction of sp³-hybridized carbons (Fsp3) is 0.179. The number of Topliss-reactive ketones (excluding diaryl/α,β-unsaturated/α-hetero) is 1. The molecule has 0 aliphatic carbocycles. The molecule has 0 unspecified atom stereocenters. The molecule has 0 aromatic heterocycles. The zero-order valence-electron chi connectivity index (χ0n) is 19.0. The lowest BCUT2D eigenvalue weighted by molar-refractivity contribution is 0.101. The summed E-state index contributed by atoms with van der Waals surface area (Å²) in [5.41, 5.74) is 2.45. The molecule has 0 N–H and O–H groups in total. The smallest absolute Gasteiger partial charge is 0.164 e. The number of ether oxygens (including phenoxy) is 4. The second kappa shape index (κ2) is 10.1. The molecule has 0 radical (unpaired) electrons. The van der Waals surface area contributed by atoms with Gasteiger partial charge in [-0.1, -0.05) is 60.7 Å². The van der Waals surface area contributed by atoms with Crippen molar-refractivity contribution in [3.05, 3.63) is 95.6 Å². The maximum atomic E-state index is 12.9. The number of methoxy groups -OCH3 is 2. The molecule has 4 aromatic rings. The molecule has 4 aromatic carbocycles. The molecule has 0 saturated heterocycles. The monoisotopic (exact) mass is 442 g/mol. The zero-order chi connectivity index (χ0) is 23.2. The third kappa shape index (κ3) is 4.77. The van der Waals surface area contributed by atoms with Crippen LogP contribution in [0.25, 0.3) is 10.8 Å². The number of benzene rings is 4. The molecule has 0 amide bonds. The highest BCUT2D eigenvalue weighted by Gasteiger charge is 2.24. The van der Waals surface area contributed by atoms with Crippen molar-refractivity contribution in [2.45, 2.75) is 20.1 Å². The summed E-state index contributed by atoms with van der Waals surface area (Å²) < 4.78 is 23.6. The summed E-state index contributed by atoms with van der Waals surface area (Å²) >= 11 is 0. The normalized spacial score (nSPS) is 10.6. The van der Waals surface area contributed by atoms with Gasteiger partial charge in [0.05, 0.1) is 25.2 Å². The summed E-state index contributed by atoms with van der Waals surface area (Å²) in [4.78, 5) is 12.9. The van der Waals surface area contributed by atoms with Crippen molar-refractivity contribution in [2.75, 3.05) is 14.2 Å². The third-order valence-corrected chi connectivity index (χ3v) is 5.40. The molecule has 0 heterocycles. The number of hydrogen-bond donors (Lipinski definition) is 0. The highest BCUT2D eigenvalue weighted by molar-refractivity contribution is 6.15. The highest BCUT2D eigenvalue weighted by atomic mass is 16.5. The second-order valence-corrected chi connectivity index (χ2v) is 7.57. The molecule has 4 rings (SSSR count). The molecule has 0 spiro atoms. The Balaban J connectivity index is 1.85. The molecular formula is C28H26O5. The quantitative estimate of drug-likeness (QED) is 0.288. The van der Waals surface area contributed by atoms with Crippen molar-refractivity contribution in [1.82, 2.24) is 0 Å². The fourth-order valence-electron chi connectivity index (χ4n) is 3.83. The van der Waals surface area contributed by atoms with Gasteiger partial charge < -0.3 is 18.9 Å². The van der Waals surface area contributed by atoms with E-state index in [1.807, 2.05) is 72.8 Å². The lowest BCUT2D eigenvalue weighted by atomic mass is 9.98. The Morgan fingerprint density at radius 2 is 1.15 bits per heavy atom. The van der Waals surface area contributed by atoms with Crippen LogP contribution in [0, 0.1) is 0 Å². The molecule has 0 fully saturated rings. The largest absolute Gasteiger partial charge is 0.496 e. The molecule has 0 atom stereocenters. The molecular weight excluding hydrogens is 416 g/mol. The van der Waals surface area contributed by atoms with E-state index >= 15 is 0 Å². The zero-order valence-corrected chi connectivity index (χ0v) is 19.0. The van der Waals surface area contributed by atoms with Gasteiger partial charge in [0.1, 0.15) is 36.2 Å². The van der Waals surface area contributed by atoms with Crippen LogP contribution in [-0.4, -0.2) is 20.0 Å². The molecule has 0 saturated carbocycles. The van der Waals surface area contributed by atoms with Crippen molar-refractivity contribution in [3.8, 4) is 23.0 Å². The SMILES string of the molecule is COc1ccc(OCc2ccccc2)c2c(C(C)=O)c(OCc3ccccc3)cc(OC)c12. The lowest BCUT2D eigenvalue weighted by Crippen LogP contribution is -2.06. The molecule has 5 heteroatoms. The van der Waals surface area contributed by atoms with Crippen molar-refractivity contribution in [3.63, 3.8) is 0 Å². The van der Waals surface area contributed by atoms with Gasteiger partial charge in [-0.2, -0.15) is 0 Å². The topological polar surface area (TPSA) is 54.0 Å². The first-order valence-corrected chi connectivity index (χ1v) is 10.7. The maximum Gasteiger partial charge on any atom is 0.164 e. The van der Waals surface area contributed by atoms with Crippen LogP contribution >= 0.6 is 0 Å². The van der Waals surface area contributed by atoms with Crippen LogP contribution in [-0.2, 0) is 13.2 Å². The Kier molecular flexibility index (Phi) is 6.79. The van der Waals surface area contributed by atoms with Gasteiger partial charge in [0.25, 0.3) is 0 Å². The van der Waals surface area contributed by atoms with E-state index in [0.29, 0.717) is 52.5 Å². The van der Waals surface area contributed by atoms with Crippen molar-refractivity contribution in [1.29, 1.82) is 0 Å². The van der Waals surface area contributed by atoms with Gasteiger partial charge in [-0.25, -0.2) is 0 Å². The lowest BCUT2D eigenvalue weighted by Gasteiger charge is -2.20. The van der Waals surface area contributed by atoms with Crippen LogP contribution in [0.3, 0.4) is 0 Å². The molecule has 5 nitrogen and oxygen atoms in total. The predicted molar refractivity (Wildman–Crippen MR) is 129 cm³/mol. The molecule has 0 aliphatic rings. The number of carbonyl (C=O) groups is 1. The van der Waals surface area contributed by atoms with E-state index in [1.54, 1.807) is 20.3 Å². The van der Waals surface area contributed by atoms with E-state index in [-0.39, 0.29) is 5.78 Å². The first kappa shape index (κ1) is 22.2. The number of hydrogen-bond acceptors (Lipinski definition) is 5. The first-order valence-electron chi connectivity index (χ1n) is 10.7. The summed E-state index contributed by atoms with van der Waals surface area (Å²) in [6, 6.07) is 25.0. The Morgan fingerprint density at radius 1 is 0.636 bits per heavy atom. The first-order chi connectivity index (χ1) is 16.1. The van der Waals surface area contributed by atoms with Crippen LogP contribution in [0.2, 0.25) is 0 Å². The van der Waals surface area contributed by atoms with Crippen LogP contribution in [0.1, 0.15) is 28.4 Å². The number of ketones is 1. The average molecular weight is 443 g/mol. The Morgan fingerprint density at radius 3 is 1.67 bits per heavy atom. The number of rotatable bonds is 9. The van der Waals surface area contributed by atoms with E-state index in [4.69, 9.17) is 18.9 Å². The molecule has 0 bridgehead atoms. The minimum Gasteiger partial charge on any atom is -0.496 e. The third-order valence-electron chi connectivity index (χ3n) is 5.40. The van der Waals surface area contributed by atoms with E-state index in [1.165, 1.54) is 6.92 Å². The van der Waals surface area contributed by atoms with Crippen LogP contribution in [0.15, 0.2) is 78.9 Å². The van der Waals surface area contributed by atoms with Crippen LogP contribution < -0.4 is 18.9 Å². The minimum atomic E-state index is -0.136. The molecule has 168 valence electrons. The van der Waals surface area contributed by atoms with Gasteiger partial charge in [0.15, 0.2) is 5.78 Å². The summed E-state index contributed by atoms with van der Waals surface area (Å²) in [5, 5.41) is 1.28. The average Bonchev–Trinajstić information content (AvgIpc) is 2.86. The Hall–Kier alpha value is -3.99. The Bertz CT molecular complexity index is 1250. The van der Waals surface area contributed by atoms with Gasteiger partial charge in [0, 0.05) is 11.5 Å². The highest BCUT2D eigenvalue weighted by Crippen LogP contribution is 2.45. The van der Waals surface area contributed by atoms with E-state index in [9.17, 15) is 4.79 Å². The van der Waals surface area contributed by atoms with Gasteiger partial charge >= 0.3 is 0 Å². The Labute approximate surface area is 193 Å². The van der Waals surface area contributed by atoms with Gasteiger partial charge in [0.2, 0.25) is 0 Å². The number of fused-ring (bicyclic) bond motifs is 1. The number of carbonyl (C=O) groups excluding carboxylic acids is 1. The fourth-order valence-corrected chi connectivity index (χ4v) is 3.83. The molecule has 33 heavy (non-hydrogen) atoms. The standard InChI is InChI=1S/C28H26O5/c1-19(29)26-25(33-18-21-12-8-5-9-13-21)16-24(31-3)27-22(30-2)14-15-23(28(26)27)32-17-20-10-6-4-7-11-20/h4-16H,17-18H2,1-3H3. The second-order valence-electron chi connectivity index (χ2n) is 7.57. The summed E-state index contributed by atoms with van der Waals surface area (Å²) in [5.74, 6) is 1.99. The van der Waals surface area contributed by atoms with E-state index < -0.39 is 0 Å². The predicted octanol–water partition coefficient (Wildman–Crippen LogP) is 6.22. The van der Waals surface area contributed by atoms with Gasteiger partial charge in [-0.3, -0.25) is 4.79 Å². The van der Waals surface area contributed by atoms with Gasteiger partial charge in [-0.05, 0) is 30.2 Å². The van der Waals surface area contributed by atoms with Crippen molar-refractivity contribution < 1.29 is 23.7 Å². The van der Waals surface area contributed by atoms with Crippen LogP contribution in [0.4, 0.5) is 0 Å². The maximum absolute atomic E-state index is 12.9. The van der Waals surface area contributed by atoms with Crippen molar-refractivity contribution in [2.24, 2.45) is 0 Å². The van der Waals surface area contributed by atoms with E-state index in [2.05, 4.69) is 0 Å². The summed E-state index contributed by atoms with van der Waals surface area (Å²) in [7, 11) is 3.17. The minimum absolute atomic E-state index is 0.136. The van der Waals surface area contributed by atoms with Crippen molar-refractivity contribution >= 4 is 16.6 Å². The summed E-state index contributed by atoms with van der Waals surface area (Å²) in [6.45, 7) is 2.20. The van der Waals surface area contributed by atoms with Gasteiger partial charge in [-0.15, -0.1) is 0 Å². The van der Waals surface area contributed by atoms with Crippen LogP contribution in [0.5, 0.6) is 23.0 Å². The van der Waals surface area contributed by atoms with E-state index in [0.717, 1.165) is 11.1 Å². The molecule has 0 aliphatic heterocycles.